The van der Waals surface area contributed by atoms with Crippen LogP contribution < -0.4 is 10.6 Å². The highest BCUT2D eigenvalue weighted by Gasteiger charge is 2.21. The van der Waals surface area contributed by atoms with Gasteiger partial charge in [-0.1, -0.05) is 30.3 Å². The van der Waals surface area contributed by atoms with Crippen LogP contribution in [-0.4, -0.2) is 62.2 Å². The number of nitrogens with zero attached hydrogens (tertiary/aromatic N) is 7. The van der Waals surface area contributed by atoms with Crippen LogP contribution in [0.3, 0.4) is 0 Å². The molecule has 1 aliphatic rings. The second kappa shape index (κ2) is 8.11. The smallest absolute Gasteiger partial charge is 0.259 e. The third-order valence-electron chi connectivity index (χ3n) is 5.40. The number of hydrogen-bond acceptors (Lipinski definition) is 8. The Bertz CT molecular complexity index is 1100. The molecule has 0 atom stereocenters. The third-order valence-corrected chi connectivity index (χ3v) is 5.40. The van der Waals surface area contributed by atoms with Crippen LogP contribution in [0.2, 0.25) is 0 Å². The fraction of sp³-hybridized carbons (Fsp3) is 0.333. The van der Waals surface area contributed by atoms with E-state index in [2.05, 4.69) is 60.2 Å². The third kappa shape index (κ3) is 3.84. The number of anilines is 2. The Morgan fingerprint density at radius 3 is 2.53 bits per heavy atom. The molecule has 1 fully saturated rings. The maximum atomic E-state index is 6.12. The van der Waals surface area contributed by atoms with Crippen molar-refractivity contribution in [2.75, 3.05) is 43.4 Å². The molecule has 4 aromatic rings. The van der Waals surface area contributed by atoms with Gasteiger partial charge in [-0.15, -0.1) is 5.10 Å². The van der Waals surface area contributed by atoms with E-state index in [9.17, 15) is 0 Å². The number of nitrogens with two attached hydrogens (primary N) is 1. The van der Waals surface area contributed by atoms with Crippen molar-refractivity contribution in [2.24, 2.45) is 0 Å². The summed E-state index contributed by atoms with van der Waals surface area (Å²) in [7, 11) is 0. The molecule has 0 radical (unpaired) electrons. The Labute approximate surface area is 174 Å². The summed E-state index contributed by atoms with van der Waals surface area (Å²) >= 11 is 0. The SMILES string of the molecule is Nc1nc(N2CCN(CCCc3ccccc3)CC2)nc2nc(-c3ccco3)nn12. The summed E-state index contributed by atoms with van der Waals surface area (Å²) < 4.78 is 6.81. The van der Waals surface area contributed by atoms with Gasteiger partial charge in [0.25, 0.3) is 5.78 Å². The molecule has 3 aromatic heterocycles. The van der Waals surface area contributed by atoms with Gasteiger partial charge in [0.1, 0.15) is 0 Å². The van der Waals surface area contributed by atoms with E-state index in [0.29, 0.717) is 23.3 Å². The number of benzene rings is 1. The lowest BCUT2D eigenvalue weighted by Crippen LogP contribution is -2.47. The molecule has 0 amide bonds. The first kappa shape index (κ1) is 18.6. The molecule has 0 aliphatic carbocycles. The molecular formula is C21H24N8O. The van der Waals surface area contributed by atoms with Gasteiger partial charge in [0, 0.05) is 26.2 Å². The molecule has 30 heavy (non-hydrogen) atoms. The maximum Gasteiger partial charge on any atom is 0.259 e. The van der Waals surface area contributed by atoms with Gasteiger partial charge >= 0.3 is 0 Å². The van der Waals surface area contributed by atoms with Crippen LogP contribution in [0, 0.1) is 0 Å². The van der Waals surface area contributed by atoms with Crippen LogP contribution in [0.5, 0.6) is 0 Å². The largest absolute Gasteiger partial charge is 0.461 e. The normalized spacial score (nSPS) is 15.1. The fourth-order valence-electron chi connectivity index (χ4n) is 3.77. The summed E-state index contributed by atoms with van der Waals surface area (Å²) in [6.07, 6.45) is 3.86. The highest BCUT2D eigenvalue weighted by molar-refractivity contribution is 5.53. The monoisotopic (exact) mass is 404 g/mol. The van der Waals surface area contributed by atoms with E-state index < -0.39 is 0 Å². The van der Waals surface area contributed by atoms with Crippen LogP contribution in [-0.2, 0) is 6.42 Å². The molecule has 1 aromatic carbocycles. The van der Waals surface area contributed by atoms with Crippen molar-refractivity contribution in [1.29, 1.82) is 0 Å². The standard InChI is InChI=1S/C21H24N8O/c22-19-24-20(25-21-23-18(26-29(19)21)17-9-5-15-30-17)28-13-11-27(12-14-28)10-4-8-16-6-2-1-3-7-16/h1-3,5-7,9,15H,4,8,10-14H2,(H2,22,23,24,25,26). The van der Waals surface area contributed by atoms with Crippen molar-refractivity contribution in [2.45, 2.75) is 12.8 Å². The zero-order chi connectivity index (χ0) is 20.3. The number of piperazine rings is 1. The first-order chi connectivity index (χ1) is 14.8. The summed E-state index contributed by atoms with van der Waals surface area (Å²) in [4.78, 5) is 18.1. The number of nitrogen functional groups attached to an aromatic ring is 1. The lowest BCUT2D eigenvalue weighted by molar-refractivity contribution is 0.254. The van der Waals surface area contributed by atoms with Crippen molar-refractivity contribution in [3.05, 3.63) is 54.3 Å². The highest BCUT2D eigenvalue weighted by atomic mass is 16.3. The van der Waals surface area contributed by atoms with E-state index in [4.69, 9.17) is 10.2 Å². The minimum atomic E-state index is 0.269. The van der Waals surface area contributed by atoms with Crippen LogP contribution >= 0.6 is 0 Å². The van der Waals surface area contributed by atoms with Gasteiger partial charge in [-0.25, -0.2) is 0 Å². The molecule has 154 valence electrons. The molecule has 2 N–H and O–H groups in total. The topological polar surface area (TPSA) is 102 Å². The first-order valence-electron chi connectivity index (χ1n) is 10.2. The average molecular weight is 404 g/mol. The van der Waals surface area contributed by atoms with E-state index in [0.717, 1.165) is 45.6 Å². The Morgan fingerprint density at radius 2 is 1.77 bits per heavy atom. The van der Waals surface area contributed by atoms with Crippen LogP contribution in [0.4, 0.5) is 11.9 Å². The molecule has 0 bridgehead atoms. The Morgan fingerprint density at radius 1 is 0.933 bits per heavy atom. The Kier molecular flexibility index (Phi) is 5.02. The number of hydrogen-bond donors (Lipinski definition) is 1. The predicted molar refractivity (Wildman–Crippen MR) is 114 cm³/mol. The highest BCUT2D eigenvalue weighted by Crippen LogP contribution is 2.19. The van der Waals surface area contributed by atoms with E-state index in [1.807, 2.05) is 0 Å². The number of aromatic nitrogens is 5. The molecule has 5 rings (SSSR count). The Balaban J connectivity index is 1.21. The van der Waals surface area contributed by atoms with Crippen LogP contribution in [0.1, 0.15) is 12.0 Å². The molecule has 9 nitrogen and oxygen atoms in total. The summed E-state index contributed by atoms with van der Waals surface area (Å²) in [6.45, 7) is 4.78. The van der Waals surface area contributed by atoms with Gasteiger partial charge in [-0.05, 0) is 37.1 Å². The first-order valence-corrected chi connectivity index (χ1v) is 10.2. The Hall–Kier alpha value is -3.46. The quantitative estimate of drug-likeness (QED) is 0.521. The van der Waals surface area contributed by atoms with Gasteiger partial charge in [0.05, 0.1) is 6.26 Å². The minimum Gasteiger partial charge on any atom is -0.461 e. The number of furan rings is 1. The number of aryl methyl sites for hydroxylation is 1. The maximum absolute atomic E-state index is 6.12. The molecule has 1 aliphatic heterocycles. The van der Waals surface area contributed by atoms with E-state index >= 15 is 0 Å². The van der Waals surface area contributed by atoms with Crippen molar-refractivity contribution >= 4 is 17.7 Å². The fourth-order valence-corrected chi connectivity index (χ4v) is 3.77. The van der Waals surface area contributed by atoms with Gasteiger partial charge in [-0.3, -0.25) is 4.90 Å². The number of fused-ring (bicyclic) bond motifs is 1. The summed E-state index contributed by atoms with van der Waals surface area (Å²) in [5, 5.41) is 4.35. The van der Waals surface area contributed by atoms with Crippen molar-refractivity contribution in [3.63, 3.8) is 0 Å². The summed E-state index contributed by atoms with van der Waals surface area (Å²) in [6, 6.07) is 14.2. The van der Waals surface area contributed by atoms with E-state index in [-0.39, 0.29) is 5.95 Å². The second-order valence-corrected chi connectivity index (χ2v) is 7.42. The average Bonchev–Trinajstić information content (AvgIpc) is 3.45. The molecule has 4 heterocycles. The van der Waals surface area contributed by atoms with Crippen LogP contribution in [0.25, 0.3) is 17.4 Å². The lowest BCUT2D eigenvalue weighted by atomic mass is 10.1. The van der Waals surface area contributed by atoms with Crippen molar-refractivity contribution < 1.29 is 4.42 Å². The molecule has 0 saturated carbocycles. The van der Waals surface area contributed by atoms with Crippen molar-refractivity contribution in [3.8, 4) is 11.6 Å². The van der Waals surface area contributed by atoms with Gasteiger partial charge in [0.15, 0.2) is 5.76 Å². The summed E-state index contributed by atoms with van der Waals surface area (Å²) in [5.41, 5.74) is 7.52. The number of rotatable bonds is 6. The van der Waals surface area contributed by atoms with Crippen molar-refractivity contribution in [1.82, 2.24) is 29.5 Å². The zero-order valence-corrected chi connectivity index (χ0v) is 16.7. The molecule has 0 spiro atoms. The minimum absolute atomic E-state index is 0.269. The lowest BCUT2D eigenvalue weighted by Gasteiger charge is -2.34. The molecular weight excluding hydrogens is 380 g/mol. The van der Waals surface area contributed by atoms with Gasteiger partial charge < -0.3 is 15.1 Å². The second-order valence-electron chi connectivity index (χ2n) is 7.42. The molecule has 0 unspecified atom stereocenters. The zero-order valence-electron chi connectivity index (χ0n) is 16.7. The predicted octanol–water partition coefficient (Wildman–Crippen LogP) is 2.12. The molecule has 1 saturated heterocycles. The molecule has 9 heteroatoms. The van der Waals surface area contributed by atoms with Gasteiger partial charge in [0.2, 0.25) is 17.7 Å². The summed E-state index contributed by atoms with van der Waals surface area (Å²) in [5.74, 6) is 2.31. The van der Waals surface area contributed by atoms with Crippen LogP contribution in [0.15, 0.2) is 53.1 Å². The van der Waals surface area contributed by atoms with E-state index in [1.54, 1.807) is 18.4 Å². The van der Waals surface area contributed by atoms with E-state index in [1.165, 1.54) is 10.1 Å². The van der Waals surface area contributed by atoms with Gasteiger partial charge in [-0.2, -0.15) is 19.5 Å².